The van der Waals surface area contributed by atoms with Crippen LogP contribution in [0.3, 0.4) is 0 Å². The van der Waals surface area contributed by atoms with Gasteiger partial charge in [0.1, 0.15) is 17.4 Å². The molecule has 4 nitrogen and oxygen atoms in total. The van der Waals surface area contributed by atoms with Gasteiger partial charge in [-0.3, -0.25) is 0 Å². The zero-order chi connectivity index (χ0) is 17.4. The van der Waals surface area contributed by atoms with Crippen molar-refractivity contribution in [2.45, 2.75) is 46.1 Å². The van der Waals surface area contributed by atoms with Crippen LogP contribution in [0.15, 0.2) is 29.0 Å². The Morgan fingerprint density at radius 3 is 2.88 bits per heavy atom. The van der Waals surface area contributed by atoms with Gasteiger partial charge in [0, 0.05) is 28.0 Å². The Morgan fingerprint density at radius 1 is 1.20 bits per heavy atom. The first-order valence-electron chi connectivity index (χ1n) is 9.02. The lowest BCUT2D eigenvalue weighted by molar-refractivity contribution is 0.136. The first-order chi connectivity index (χ1) is 11.8. The lowest BCUT2D eigenvalue weighted by Crippen LogP contribution is -2.35. The number of aromatic amines is 1. The number of halogens is 1. The fourth-order valence-corrected chi connectivity index (χ4v) is 5.94. The first-order valence-corrected chi connectivity index (χ1v) is 9.82. The van der Waals surface area contributed by atoms with E-state index >= 15 is 0 Å². The molecule has 5 heteroatoms. The van der Waals surface area contributed by atoms with E-state index in [9.17, 15) is 0 Å². The second kappa shape index (κ2) is 4.97. The molecule has 1 N–H and O–H groups in total. The van der Waals surface area contributed by atoms with E-state index in [1.807, 2.05) is 0 Å². The average molecular weight is 399 g/mol. The molecule has 1 saturated heterocycles. The summed E-state index contributed by atoms with van der Waals surface area (Å²) in [4.78, 5) is 15.4. The molecule has 1 aliphatic heterocycles. The highest BCUT2D eigenvalue weighted by molar-refractivity contribution is 9.10. The van der Waals surface area contributed by atoms with Gasteiger partial charge < -0.3 is 9.88 Å². The van der Waals surface area contributed by atoms with Crippen LogP contribution in [0.1, 0.15) is 40.0 Å². The summed E-state index contributed by atoms with van der Waals surface area (Å²) in [5, 5.41) is 1.15. The van der Waals surface area contributed by atoms with E-state index < -0.39 is 0 Å². The molecular formula is C20H23BrN4. The van der Waals surface area contributed by atoms with E-state index in [1.54, 1.807) is 6.33 Å². The average Bonchev–Trinajstić information content (AvgIpc) is 3.00. The minimum atomic E-state index is 0.388. The number of hydrogen-bond donors (Lipinski definition) is 1. The summed E-state index contributed by atoms with van der Waals surface area (Å²) < 4.78 is 1.08. The van der Waals surface area contributed by atoms with Gasteiger partial charge in [-0.25, -0.2) is 9.97 Å². The highest BCUT2D eigenvalue weighted by atomic mass is 79.9. The smallest absolute Gasteiger partial charge is 0.156 e. The molecule has 0 spiro atoms. The van der Waals surface area contributed by atoms with Gasteiger partial charge in [-0.15, -0.1) is 0 Å². The van der Waals surface area contributed by atoms with Crippen molar-refractivity contribution >= 4 is 43.7 Å². The van der Waals surface area contributed by atoms with E-state index in [0.717, 1.165) is 38.8 Å². The van der Waals surface area contributed by atoms with Crippen molar-refractivity contribution in [3.05, 3.63) is 29.0 Å². The second-order valence-electron chi connectivity index (χ2n) is 9.08. The van der Waals surface area contributed by atoms with E-state index in [-0.39, 0.29) is 0 Å². The largest absolute Gasteiger partial charge is 0.351 e. The zero-order valence-corrected chi connectivity index (χ0v) is 16.5. The molecule has 0 amide bonds. The van der Waals surface area contributed by atoms with Gasteiger partial charge in [0.15, 0.2) is 5.82 Å². The fraction of sp³-hybridized carbons (Fsp3) is 0.500. The van der Waals surface area contributed by atoms with Crippen LogP contribution in [-0.4, -0.2) is 27.5 Å². The quantitative estimate of drug-likeness (QED) is 0.606. The summed E-state index contributed by atoms with van der Waals surface area (Å²) in [6.07, 6.45) is 5.52. The SMILES string of the molecule is CC1(C)C[C@@H]2C[C@](C)(CN2c2ncnc3c2[nH]c2ccc(Br)cc23)C1. The molecule has 2 fully saturated rings. The Morgan fingerprint density at radius 2 is 2.04 bits per heavy atom. The molecule has 2 aliphatic rings. The molecule has 25 heavy (non-hydrogen) atoms. The molecule has 130 valence electrons. The maximum Gasteiger partial charge on any atom is 0.156 e. The number of hydrogen-bond acceptors (Lipinski definition) is 3. The third-order valence-corrected chi connectivity index (χ3v) is 6.50. The van der Waals surface area contributed by atoms with Crippen LogP contribution in [-0.2, 0) is 0 Å². The monoisotopic (exact) mass is 398 g/mol. The van der Waals surface area contributed by atoms with Gasteiger partial charge in [-0.1, -0.05) is 36.7 Å². The predicted octanol–water partition coefficient (Wildman–Crippen LogP) is 5.28. The van der Waals surface area contributed by atoms with Crippen LogP contribution in [0.5, 0.6) is 0 Å². The Balaban J connectivity index is 1.68. The highest BCUT2D eigenvalue weighted by Gasteiger charge is 2.50. The number of anilines is 1. The normalized spacial score (nSPS) is 28.2. The van der Waals surface area contributed by atoms with Crippen molar-refractivity contribution in [1.29, 1.82) is 0 Å². The number of aromatic nitrogens is 3. The van der Waals surface area contributed by atoms with E-state index in [0.29, 0.717) is 16.9 Å². The molecule has 0 unspecified atom stereocenters. The second-order valence-corrected chi connectivity index (χ2v) is 9.99. The summed E-state index contributed by atoms with van der Waals surface area (Å²) in [5.41, 5.74) is 4.01. The van der Waals surface area contributed by atoms with E-state index in [2.05, 4.69) is 69.8 Å². The number of H-pyrrole nitrogens is 1. The third-order valence-electron chi connectivity index (χ3n) is 6.01. The maximum absolute atomic E-state index is 4.72. The van der Waals surface area contributed by atoms with Crippen LogP contribution in [0.4, 0.5) is 5.82 Å². The van der Waals surface area contributed by atoms with Crippen LogP contribution >= 0.6 is 15.9 Å². The van der Waals surface area contributed by atoms with Crippen molar-refractivity contribution in [3.8, 4) is 0 Å². The Bertz CT molecular complexity index is 992. The van der Waals surface area contributed by atoms with Gasteiger partial charge in [0.25, 0.3) is 0 Å². The summed E-state index contributed by atoms with van der Waals surface area (Å²) >= 11 is 3.58. The molecule has 2 bridgehead atoms. The molecule has 0 radical (unpaired) electrons. The highest BCUT2D eigenvalue weighted by Crippen LogP contribution is 2.53. The van der Waals surface area contributed by atoms with Gasteiger partial charge in [-0.05, 0) is 48.3 Å². The molecule has 1 aliphatic carbocycles. The molecule has 2 aromatic heterocycles. The summed E-state index contributed by atoms with van der Waals surface area (Å²) in [6.45, 7) is 8.36. The Labute approximate surface area is 156 Å². The van der Waals surface area contributed by atoms with E-state index in [4.69, 9.17) is 4.98 Å². The van der Waals surface area contributed by atoms with Crippen molar-refractivity contribution in [1.82, 2.24) is 15.0 Å². The number of nitrogens with zero attached hydrogens (tertiary/aromatic N) is 3. The molecule has 1 aromatic carbocycles. The molecule has 1 saturated carbocycles. The first kappa shape index (κ1) is 15.6. The van der Waals surface area contributed by atoms with Gasteiger partial charge in [-0.2, -0.15) is 0 Å². The van der Waals surface area contributed by atoms with Crippen molar-refractivity contribution in [3.63, 3.8) is 0 Å². The van der Waals surface area contributed by atoms with Gasteiger partial charge in [0.05, 0.1) is 0 Å². The standard InChI is InChI=1S/C20H23BrN4/c1-19(2)7-13-8-20(3,9-19)10-25(13)18-17-16(22-11-23-18)14-6-12(21)4-5-15(14)24-17/h4-6,11,13,24H,7-10H2,1-3H3/t13-,20+/m1/s1. The summed E-state index contributed by atoms with van der Waals surface area (Å²) in [7, 11) is 0. The van der Waals surface area contributed by atoms with Gasteiger partial charge in [0.2, 0.25) is 0 Å². The topological polar surface area (TPSA) is 44.8 Å². The van der Waals surface area contributed by atoms with E-state index in [1.165, 1.54) is 19.3 Å². The fourth-order valence-electron chi connectivity index (χ4n) is 5.58. The molecule has 2 atom stereocenters. The van der Waals surface area contributed by atoms with Crippen LogP contribution in [0.25, 0.3) is 21.9 Å². The molecule has 5 rings (SSSR count). The Hall–Kier alpha value is -1.62. The van der Waals surface area contributed by atoms with Gasteiger partial charge >= 0.3 is 0 Å². The minimum Gasteiger partial charge on any atom is -0.351 e. The van der Waals surface area contributed by atoms with Crippen LogP contribution < -0.4 is 4.90 Å². The summed E-state index contributed by atoms with van der Waals surface area (Å²) in [6, 6.07) is 6.89. The van der Waals surface area contributed by atoms with Crippen molar-refractivity contribution in [2.24, 2.45) is 10.8 Å². The lowest BCUT2D eigenvalue weighted by atomic mass is 9.65. The van der Waals surface area contributed by atoms with Crippen molar-refractivity contribution < 1.29 is 0 Å². The molecular weight excluding hydrogens is 376 g/mol. The lowest BCUT2D eigenvalue weighted by Gasteiger charge is -2.39. The number of fused-ring (bicyclic) bond motifs is 5. The number of benzene rings is 1. The molecule has 3 heterocycles. The maximum atomic E-state index is 4.72. The number of rotatable bonds is 1. The van der Waals surface area contributed by atoms with Crippen LogP contribution in [0, 0.1) is 10.8 Å². The predicted molar refractivity (Wildman–Crippen MR) is 106 cm³/mol. The summed E-state index contributed by atoms with van der Waals surface area (Å²) in [5.74, 6) is 1.07. The molecule has 3 aromatic rings. The number of nitrogens with one attached hydrogen (secondary N) is 1. The minimum absolute atomic E-state index is 0.388. The third kappa shape index (κ3) is 2.39. The zero-order valence-electron chi connectivity index (χ0n) is 14.9. The Kier molecular flexibility index (Phi) is 3.10. The van der Waals surface area contributed by atoms with Crippen LogP contribution in [0.2, 0.25) is 0 Å². The van der Waals surface area contributed by atoms with Crippen molar-refractivity contribution in [2.75, 3.05) is 11.4 Å².